The van der Waals surface area contributed by atoms with E-state index in [1.165, 1.54) is 6.92 Å². The molecule has 1 rings (SSSR count). The third-order valence-corrected chi connectivity index (χ3v) is 2.50. The van der Waals surface area contributed by atoms with Gasteiger partial charge in [-0.15, -0.1) is 0 Å². The molecule has 0 radical (unpaired) electrons. The lowest BCUT2D eigenvalue weighted by molar-refractivity contribution is 0.131. The van der Waals surface area contributed by atoms with Gasteiger partial charge in [0.15, 0.2) is 0 Å². The van der Waals surface area contributed by atoms with Crippen LogP contribution in [0, 0.1) is 0 Å². The van der Waals surface area contributed by atoms with E-state index in [0.29, 0.717) is 10.7 Å². The number of rotatable bonds is 3. The molecule has 0 saturated carbocycles. The highest BCUT2D eigenvalue weighted by molar-refractivity contribution is 9.10. The quantitative estimate of drug-likeness (QED) is 0.878. The number of nitrogens with one attached hydrogen (secondary N) is 1. The van der Waals surface area contributed by atoms with E-state index >= 15 is 0 Å². The van der Waals surface area contributed by atoms with Gasteiger partial charge in [-0.1, -0.05) is 27.5 Å². The van der Waals surface area contributed by atoms with Crippen LogP contribution in [0.1, 0.15) is 6.92 Å². The minimum Gasteiger partial charge on any atom is -0.376 e. The number of hydrogen-bond donors (Lipinski definition) is 1. The summed E-state index contributed by atoms with van der Waals surface area (Å²) in [5.74, 6) is 0. The first-order chi connectivity index (χ1) is 6.50. The molecule has 1 unspecified atom stereocenters. The molecule has 1 aromatic rings. The molecule has 0 heterocycles. The van der Waals surface area contributed by atoms with Crippen molar-refractivity contribution in [2.24, 2.45) is 0 Å². The van der Waals surface area contributed by atoms with Crippen LogP contribution < -0.4 is 5.32 Å². The molecule has 1 aromatic carbocycles. The molecule has 0 aliphatic rings. The van der Waals surface area contributed by atoms with Crippen molar-refractivity contribution < 1.29 is 8.78 Å². The first-order valence-electron chi connectivity index (χ1n) is 4.00. The van der Waals surface area contributed by atoms with Gasteiger partial charge in [0.25, 0.3) is 6.43 Å². The van der Waals surface area contributed by atoms with E-state index in [1.54, 1.807) is 18.2 Å². The molecule has 0 aliphatic heterocycles. The molecular weight excluding hydrogens is 275 g/mol. The van der Waals surface area contributed by atoms with Crippen LogP contribution in [0.4, 0.5) is 14.5 Å². The molecule has 0 aromatic heterocycles. The Kier molecular flexibility index (Phi) is 4.13. The fourth-order valence-electron chi connectivity index (χ4n) is 0.915. The summed E-state index contributed by atoms with van der Waals surface area (Å²) >= 11 is 9.07. The second kappa shape index (κ2) is 4.94. The van der Waals surface area contributed by atoms with Crippen LogP contribution in [-0.4, -0.2) is 12.5 Å². The summed E-state index contributed by atoms with van der Waals surface area (Å²) in [6, 6.07) is 4.15. The van der Waals surface area contributed by atoms with Gasteiger partial charge in [-0.05, 0) is 25.1 Å². The molecule has 14 heavy (non-hydrogen) atoms. The Bertz CT molecular complexity index is 320. The average molecular weight is 285 g/mol. The lowest BCUT2D eigenvalue weighted by atomic mass is 10.2. The van der Waals surface area contributed by atoms with Crippen LogP contribution in [0.15, 0.2) is 22.7 Å². The van der Waals surface area contributed by atoms with Gasteiger partial charge < -0.3 is 5.32 Å². The third kappa shape index (κ3) is 3.10. The summed E-state index contributed by atoms with van der Waals surface area (Å²) in [5.41, 5.74) is 0.516. The number of halogens is 4. The van der Waals surface area contributed by atoms with Crippen LogP contribution in [0.5, 0.6) is 0 Å². The third-order valence-electron chi connectivity index (χ3n) is 1.69. The number of alkyl halides is 2. The lowest BCUT2D eigenvalue weighted by Gasteiger charge is -2.15. The summed E-state index contributed by atoms with van der Waals surface area (Å²) < 4.78 is 25.2. The second-order valence-electron chi connectivity index (χ2n) is 2.89. The Hall–Kier alpha value is -0.350. The van der Waals surface area contributed by atoms with Crippen LogP contribution in [-0.2, 0) is 0 Å². The van der Waals surface area contributed by atoms with Crippen molar-refractivity contribution in [1.29, 1.82) is 0 Å². The van der Waals surface area contributed by atoms with Crippen LogP contribution in [0.3, 0.4) is 0 Å². The molecule has 0 saturated heterocycles. The first kappa shape index (κ1) is 11.7. The Balaban J connectivity index is 2.77. The van der Waals surface area contributed by atoms with Crippen molar-refractivity contribution in [3.63, 3.8) is 0 Å². The van der Waals surface area contributed by atoms with Crippen molar-refractivity contribution in [2.45, 2.75) is 19.4 Å². The van der Waals surface area contributed by atoms with Crippen molar-refractivity contribution in [1.82, 2.24) is 0 Å². The first-order valence-corrected chi connectivity index (χ1v) is 5.17. The standard InChI is InChI=1S/C9H9BrClF2N/c1-5(9(12)13)14-8-3-2-6(10)4-7(8)11/h2-5,9,14H,1H3. The number of anilines is 1. The van der Waals surface area contributed by atoms with Gasteiger partial charge in [-0.3, -0.25) is 0 Å². The van der Waals surface area contributed by atoms with E-state index < -0.39 is 12.5 Å². The average Bonchev–Trinajstić information content (AvgIpc) is 2.09. The molecule has 0 bridgehead atoms. The maximum atomic E-state index is 12.2. The van der Waals surface area contributed by atoms with Gasteiger partial charge >= 0.3 is 0 Å². The Labute approximate surface area is 94.6 Å². The molecule has 1 N–H and O–H groups in total. The molecule has 5 heteroatoms. The number of hydrogen-bond acceptors (Lipinski definition) is 1. The molecule has 0 spiro atoms. The van der Waals surface area contributed by atoms with E-state index in [1.807, 2.05) is 0 Å². The maximum Gasteiger partial charge on any atom is 0.258 e. The fourth-order valence-corrected chi connectivity index (χ4v) is 1.64. The van der Waals surface area contributed by atoms with Crippen molar-refractivity contribution in [3.8, 4) is 0 Å². The van der Waals surface area contributed by atoms with Crippen molar-refractivity contribution in [3.05, 3.63) is 27.7 Å². The summed E-state index contributed by atoms with van der Waals surface area (Å²) in [6.45, 7) is 1.41. The Morgan fingerprint density at radius 3 is 2.57 bits per heavy atom. The largest absolute Gasteiger partial charge is 0.376 e. The van der Waals surface area contributed by atoms with Gasteiger partial charge in [0.05, 0.1) is 16.8 Å². The SMILES string of the molecule is CC(Nc1ccc(Br)cc1Cl)C(F)F. The smallest absolute Gasteiger partial charge is 0.258 e. The highest BCUT2D eigenvalue weighted by atomic mass is 79.9. The van der Waals surface area contributed by atoms with E-state index in [2.05, 4.69) is 21.2 Å². The van der Waals surface area contributed by atoms with Crippen molar-refractivity contribution in [2.75, 3.05) is 5.32 Å². The number of benzene rings is 1. The molecule has 0 amide bonds. The monoisotopic (exact) mass is 283 g/mol. The summed E-state index contributed by atoms with van der Waals surface area (Å²) in [5, 5.41) is 3.06. The van der Waals surface area contributed by atoms with Gasteiger partial charge in [-0.2, -0.15) is 0 Å². The molecule has 1 atom stereocenters. The molecule has 0 fully saturated rings. The second-order valence-corrected chi connectivity index (χ2v) is 4.21. The molecule has 78 valence electrons. The van der Waals surface area contributed by atoms with Crippen LogP contribution in [0.2, 0.25) is 5.02 Å². The molecular formula is C9H9BrClF2N. The van der Waals surface area contributed by atoms with Gasteiger partial charge in [-0.25, -0.2) is 8.78 Å². The minimum atomic E-state index is -2.41. The van der Waals surface area contributed by atoms with E-state index in [0.717, 1.165) is 4.47 Å². The van der Waals surface area contributed by atoms with Gasteiger partial charge in [0, 0.05) is 4.47 Å². The maximum absolute atomic E-state index is 12.2. The lowest BCUT2D eigenvalue weighted by Crippen LogP contribution is -2.23. The zero-order chi connectivity index (χ0) is 10.7. The minimum absolute atomic E-state index is 0.423. The highest BCUT2D eigenvalue weighted by Crippen LogP contribution is 2.26. The fraction of sp³-hybridized carbons (Fsp3) is 0.333. The van der Waals surface area contributed by atoms with E-state index in [4.69, 9.17) is 11.6 Å². The van der Waals surface area contributed by atoms with Gasteiger partial charge in [0.2, 0.25) is 0 Å². The summed E-state index contributed by atoms with van der Waals surface area (Å²) in [4.78, 5) is 0. The van der Waals surface area contributed by atoms with E-state index in [-0.39, 0.29) is 0 Å². The zero-order valence-electron chi connectivity index (χ0n) is 7.40. The predicted molar refractivity (Wildman–Crippen MR) is 58.2 cm³/mol. The normalized spacial score (nSPS) is 13.0. The van der Waals surface area contributed by atoms with Crippen LogP contribution in [0.25, 0.3) is 0 Å². The summed E-state index contributed by atoms with van der Waals surface area (Å²) in [6.07, 6.45) is -2.41. The van der Waals surface area contributed by atoms with Gasteiger partial charge in [0.1, 0.15) is 0 Å². The highest BCUT2D eigenvalue weighted by Gasteiger charge is 2.14. The van der Waals surface area contributed by atoms with E-state index in [9.17, 15) is 8.78 Å². The molecule has 1 nitrogen and oxygen atoms in total. The Morgan fingerprint density at radius 1 is 1.43 bits per heavy atom. The Morgan fingerprint density at radius 2 is 2.07 bits per heavy atom. The zero-order valence-corrected chi connectivity index (χ0v) is 9.74. The van der Waals surface area contributed by atoms with Crippen molar-refractivity contribution >= 4 is 33.2 Å². The predicted octanol–water partition coefficient (Wildman–Crippen LogP) is 4.17. The topological polar surface area (TPSA) is 12.0 Å². The summed E-state index contributed by atoms with van der Waals surface area (Å²) in [7, 11) is 0. The van der Waals surface area contributed by atoms with Crippen LogP contribution >= 0.6 is 27.5 Å². The molecule has 0 aliphatic carbocycles.